The van der Waals surface area contributed by atoms with Gasteiger partial charge in [-0.05, 0) is 38.6 Å². The molecule has 0 amide bonds. The number of nitrogens with one attached hydrogen (secondary N) is 1. The van der Waals surface area contributed by atoms with E-state index in [1.54, 1.807) is 4.31 Å². The van der Waals surface area contributed by atoms with Crippen LogP contribution in [0.25, 0.3) is 0 Å². The monoisotopic (exact) mass is 232 g/mol. The van der Waals surface area contributed by atoms with Crippen molar-refractivity contribution in [1.82, 2.24) is 9.62 Å². The average molecular weight is 232 g/mol. The first-order chi connectivity index (χ1) is 7.18. The Morgan fingerprint density at radius 2 is 2.20 bits per heavy atom. The van der Waals surface area contributed by atoms with Crippen LogP contribution in [0.4, 0.5) is 0 Å². The topological polar surface area (TPSA) is 49.4 Å². The third-order valence-corrected chi connectivity index (χ3v) is 5.28. The van der Waals surface area contributed by atoms with Crippen LogP contribution in [-0.2, 0) is 10.0 Å². The zero-order chi connectivity index (χ0) is 10.7. The van der Waals surface area contributed by atoms with Crippen LogP contribution in [0.1, 0.15) is 32.1 Å². The van der Waals surface area contributed by atoms with E-state index in [1.165, 1.54) is 12.8 Å². The predicted molar refractivity (Wildman–Crippen MR) is 60.2 cm³/mol. The molecule has 0 aromatic heterocycles. The summed E-state index contributed by atoms with van der Waals surface area (Å²) in [6, 6.07) is 0.635. The summed E-state index contributed by atoms with van der Waals surface area (Å²) in [5.41, 5.74) is 0. The molecule has 2 fully saturated rings. The van der Waals surface area contributed by atoms with Gasteiger partial charge in [-0.1, -0.05) is 0 Å². The molecule has 0 saturated carbocycles. The Hall–Kier alpha value is -0.130. The number of sulfonamides is 1. The molecule has 2 heterocycles. The van der Waals surface area contributed by atoms with Gasteiger partial charge in [-0.3, -0.25) is 0 Å². The van der Waals surface area contributed by atoms with Crippen LogP contribution in [0.15, 0.2) is 0 Å². The molecular weight excluding hydrogens is 212 g/mol. The average Bonchev–Trinajstić information content (AvgIpc) is 2.77. The Labute approximate surface area is 92.1 Å². The molecule has 15 heavy (non-hydrogen) atoms. The number of rotatable bonds is 4. The summed E-state index contributed by atoms with van der Waals surface area (Å²) in [6.45, 7) is 2.59. The van der Waals surface area contributed by atoms with E-state index < -0.39 is 10.0 Å². The Morgan fingerprint density at radius 1 is 1.33 bits per heavy atom. The van der Waals surface area contributed by atoms with Crippen LogP contribution >= 0.6 is 0 Å². The fraction of sp³-hybridized carbons (Fsp3) is 1.00. The van der Waals surface area contributed by atoms with E-state index in [1.807, 2.05) is 0 Å². The zero-order valence-electron chi connectivity index (χ0n) is 9.11. The standard InChI is InChI=1S/C10H20N2O2S/c13-15(14)9-3-8-12(15)7-2-5-10-4-1-6-11-10/h10-11H,1-9H2. The lowest BCUT2D eigenvalue weighted by molar-refractivity contribution is 0.412. The number of hydrogen-bond acceptors (Lipinski definition) is 3. The molecule has 0 aromatic carbocycles. The second kappa shape index (κ2) is 4.80. The van der Waals surface area contributed by atoms with Gasteiger partial charge in [-0.25, -0.2) is 12.7 Å². The second-order valence-corrected chi connectivity index (χ2v) is 6.59. The van der Waals surface area contributed by atoms with E-state index in [-0.39, 0.29) is 0 Å². The van der Waals surface area contributed by atoms with E-state index in [0.717, 1.165) is 38.9 Å². The maximum Gasteiger partial charge on any atom is 0.214 e. The minimum absolute atomic E-state index is 0.356. The Kier molecular flexibility index (Phi) is 3.64. The SMILES string of the molecule is O=S1(=O)CCCN1CCCC1CCCN1. The second-order valence-electron chi connectivity index (χ2n) is 4.50. The van der Waals surface area contributed by atoms with Crippen molar-refractivity contribution in [1.29, 1.82) is 0 Å². The van der Waals surface area contributed by atoms with Gasteiger partial charge in [-0.15, -0.1) is 0 Å². The molecule has 0 bridgehead atoms. The zero-order valence-corrected chi connectivity index (χ0v) is 9.93. The summed E-state index contributed by atoms with van der Waals surface area (Å²) in [5.74, 6) is 0.356. The molecule has 5 heteroatoms. The van der Waals surface area contributed by atoms with Crippen LogP contribution in [0.2, 0.25) is 0 Å². The lowest BCUT2D eigenvalue weighted by Crippen LogP contribution is -2.28. The summed E-state index contributed by atoms with van der Waals surface area (Å²) in [7, 11) is -2.87. The molecule has 4 nitrogen and oxygen atoms in total. The highest BCUT2D eigenvalue weighted by Crippen LogP contribution is 2.16. The van der Waals surface area contributed by atoms with Crippen LogP contribution in [0.3, 0.4) is 0 Å². The molecule has 2 saturated heterocycles. The van der Waals surface area contributed by atoms with Crippen molar-refractivity contribution in [2.24, 2.45) is 0 Å². The molecular formula is C10H20N2O2S. The highest BCUT2D eigenvalue weighted by atomic mass is 32.2. The molecule has 1 unspecified atom stereocenters. The highest BCUT2D eigenvalue weighted by Gasteiger charge is 2.27. The summed E-state index contributed by atoms with van der Waals surface area (Å²) < 4.78 is 24.7. The molecule has 88 valence electrons. The van der Waals surface area contributed by atoms with E-state index in [4.69, 9.17) is 0 Å². The first kappa shape index (κ1) is 11.4. The van der Waals surface area contributed by atoms with Crippen molar-refractivity contribution in [3.63, 3.8) is 0 Å². The molecule has 0 aliphatic carbocycles. The van der Waals surface area contributed by atoms with E-state index >= 15 is 0 Å². The molecule has 1 atom stereocenters. The molecule has 2 rings (SSSR count). The summed E-state index contributed by atoms with van der Waals surface area (Å²) >= 11 is 0. The van der Waals surface area contributed by atoms with E-state index in [0.29, 0.717) is 11.8 Å². The molecule has 2 aliphatic rings. The third kappa shape index (κ3) is 2.92. The van der Waals surface area contributed by atoms with Crippen molar-refractivity contribution < 1.29 is 8.42 Å². The van der Waals surface area contributed by atoms with Gasteiger partial charge in [0.05, 0.1) is 5.75 Å². The van der Waals surface area contributed by atoms with Gasteiger partial charge in [0.25, 0.3) is 0 Å². The third-order valence-electron chi connectivity index (χ3n) is 3.33. The van der Waals surface area contributed by atoms with Gasteiger partial charge < -0.3 is 5.32 Å². The van der Waals surface area contributed by atoms with Gasteiger partial charge in [0, 0.05) is 19.1 Å². The van der Waals surface area contributed by atoms with Crippen LogP contribution < -0.4 is 5.32 Å². The fourth-order valence-corrected chi connectivity index (χ4v) is 4.03. The number of nitrogens with zero attached hydrogens (tertiary/aromatic N) is 1. The smallest absolute Gasteiger partial charge is 0.214 e. The van der Waals surface area contributed by atoms with E-state index in [2.05, 4.69) is 5.32 Å². The van der Waals surface area contributed by atoms with Gasteiger partial charge in [0.2, 0.25) is 10.0 Å². The van der Waals surface area contributed by atoms with Gasteiger partial charge in [0.1, 0.15) is 0 Å². The van der Waals surface area contributed by atoms with E-state index in [9.17, 15) is 8.42 Å². The van der Waals surface area contributed by atoms with Crippen molar-refractivity contribution >= 4 is 10.0 Å². The number of hydrogen-bond donors (Lipinski definition) is 1. The maximum atomic E-state index is 11.5. The Balaban J connectivity index is 1.69. The fourth-order valence-electron chi connectivity index (χ4n) is 2.46. The van der Waals surface area contributed by atoms with Gasteiger partial charge >= 0.3 is 0 Å². The summed E-state index contributed by atoms with van der Waals surface area (Å²) in [6.07, 6.45) is 5.45. The lowest BCUT2D eigenvalue weighted by atomic mass is 10.1. The quantitative estimate of drug-likeness (QED) is 0.770. The minimum atomic E-state index is -2.87. The first-order valence-electron chi connectivity index (χ1n) is 5.90. The first-order valence-corrected chi connectivity index (χ1v) is 7.50. The van der Waals surface area contributed by atoms with Gasteiger partial charge in [-0.2, -0.15) is 0 Å². The maximum absolute atomic E-state index is 11.5. The Morgan fingerprint density at radius 3 is 2.80 bits per heavy atom. The minimum Gasteiger partial charge on any atom is -0.314 e. The van der Waals surface area contributed by atoms with Crippen molar-refractivity contribution in [2.45, 2.75) is 38.1 Å². The van der Waals surface area contributed by atoms with Gasteiger partial charge in [0.15, 0.2) is 0 Å². The molecule has 0 spiro atoms. The lowest BCUT2D eigenvalue weighted by Gasteiger charge is -2.15. The van der Waals surface area contributed by atoms with Crippen molar-refractivity contribution in [2.75, 3.05) is 25.4 Å². The summed E-state index contributed by atoms with van der Waals surface area (Å²) in [4.78, 5) is 0. The largest absolute Gasteiger partial charge is 0.314 e. The molecule has 0 aromatic rings. The normalized spacial score (nSPS) is 31.1. The summed E-state index contributed by atoms with van der Waals surface area (Å²) in [5, 5.41) is 3.43. The van der Waals surface area contributed by atoms with Crippen LogP contribution in [-0.4, -0.2) is 44.2 Å². The molecule has 0 radical (unpaired) electrons. The van der Waals surface area contributed by atoms with Crippen LogP contribution in [0, 0.1) is 0 Å². The highest BCUT2D eigenvalue weighted by molar-refractivity contribution is 7.89. The van der Waals surface area contributed by atoms with Crippen LogP contribution in [0.5, 0.6) is 0 Å². The van der Waals surface area contributed by atoms with Crippen molar-refractivity contribution in [3.05, 3.63) is 0 Å². The molecule has 1 N–H and O–H groups in total. The van der Waals surface area contributed by atoms with Crippen molar-refractivity contribution in [3.8, 4) is 0 Å². The molecule has 2 aliphatic heterocycles. The Bertz CT molecular complexity index is 297. The predicted octanol–water partition coefficient (Wildman–Crippen LogP) is 0.554.